The van der Waals surface area contributed by atoms with Crippen molar-refractivity contribution in [3.8, 4) is 23.0 Å². The van der Waals surface area contributed by atoms with Crippen molar-refractivity contribution >= 4 is 23.8 Å². The van der Waals surface area contributed by atoms with E-state index in [1.54, 1.807) is 30.6 Å². The summed E-state index contributed by atoms with van der Waals surface area (Å²) in [5, 5.41) is 10.5. The van der Waals surface area contributed by atoms with Crippen molar-refractivity contribution in [2.75, 3.05) is 13.1 Å². The summed E-state index contributed by atoms with van der Waals surface area (Å²) in [5.41, 5.74) is 0.692. The first-order valence-electron chi connectivity index (χ1n) is 18.6. The molecule has 0 aromatic heterocycles. The summed E-state index contributed by atoms with van der Waals surface area (Å²) in [7, 11) is 0. The first kappa shape index (κ1) is 39.6. The number of carbonyl (C=O) groups excluding carboxylic acids is 3. The molecule has 0 aliphatic heterocycles. The van der Waals surface area contributed by atoms with Gasteiger partial charge in [0, 0.05) is 26.2 Å². The van der Waals surface area contributed by atoms with Gasteiger partial charge in [-0.05, 0) is 93.3 Å². The zero-order chi connectivity index (χ0) is 38.8. The average molecular weight is 735 g/mol. The minimum atomic E-state index is -1.43. The van der Waals surface area contributed by atoms with E-state index in [-0.39, 0.29) is 13.1 Å². The molecule has 0 spiro atoms. The minimum absolute atomic E-state index is 0.190. The van der Waals surface area contributed by atoms with Crippen LogP contribution in [0.15, 0.2) is 109 Å². The molecule has 4 atom stereocenters. The molecule has 0 heterocycles. The van der Waals surface area contributed by atoms with Gasteiger partial charge in [0.1, 0.15) is 28.6 Å². The lowest BCUT2D eigenvalue weighted by Gasteiger charge is -2.49. The topological polar surface area (TPSA) is 123 Å². The Kier molecular flexibility index (Phi) is 13.1. The molecule has 284 valence electrons. The smallest absolute Gasteiger partial charge is 0.311 e. The van der Waals surface area contributed by atoms with E-state index in [0.717, 1.165) is 11.1 Å². The van der Waals surface area contributed by atoms with Crippen LogP contribution in [-0.2, 0) is 37.0 Å². The molecule has 1 aliphatic carbocycles. The van der Waals surface area contributed by atoms with E-state index in [1.165, 1.54) is 0 Å². The molecule has 1 fully saturated rings. The largest absolute Gasteiger partial charge is 0.481 e. The summed E-state index contributed by atoms with van der Waals surface area (Å²) in [6.07, 6.45) is 1.21. The number of carbonyl (C=O) groups is 4. The first-order valence-corrected chi connectivity index (χ1v) is 18.6. The van der Waals surface area contributed by atoms with Crippen LogP contribution in [0.5, 0.6) is 23.0 Å². The van der Waals surface area contributed by atoms with Crippen molar-refractivity contribution in [2.45, 2.75) is 66.2 Å². The van der Waals surface area contributed by atoms with Crippen LogP contribution in [0.25, 0.3) is 0 Å². The van der Waals surface area contributed by atoms with Gasteiger partial charge in [-0.1, -0.05) is 74.5 Å². The fourth-order valence-electron chi connectivity index (χ4n) is 6.84. The van der Waals surface area contributed by atoms with Crippen LogP contribution in [-0.4, -0.2) is 57.3 Å². The van der Waals surface area contributed by atoms with Crippen molar-refractivity contribution in [1.82, 2.24) is 9.80 Å². The van der Waals surface area contributed by atoms with Gasteiger partial charge in [-0.25, -0.2) is 0 Å². The monoisotopic (exact) mass is 734 g/mol. The maximum atomic E-state index is 14.6. The predicted molar refractivity (Wildman–Crippen MR) is 205 cm³/mol. The van der Waals surface area contributed by atoms with E-state index < -0.39 is 53.0 Å². The second-order valence-corrected chi connectivity index (χ2v) is 14.6. The van der Waals surface area contributed by atoms with E-state index in [2.05, 4.69) is 0 Å². The van der Waals surface area contributed by atoms with Gasteiger partial charge in [0.2, 0.25) is 11.8 Å². The number of nitrogens with zero attached hydrogens (tertiary/aromatic N) is 2. The third-order valence-corrected chi connectivity index (χ3v) is 9.24. The Morgan fingerprint density at radius 2 is 0.926 bits per heavy atom. The molecule has 0 saturated heterocycles. The molecule has 4 aromatic carbocycles. The Morgan fingerprint density at radius 1 is 0.556 bits per heavy atom. The maximum absolute atomic E-state index is 14.6. The first-order chi connectivity index (χ1) is 25.9. The molecule has 0 bridgehead atoms. The zero-order valence-electron chi connectivity index (χ0n) is 31.6. The summed E-state index contributed by atoms with van der Waals surface area (Å²) >= 11 is 0. The average Bonchev–Trinajstić information content (AvgIpc) is 3.12. The van der Waals surface area contributed by atoms with Crippen LogP contribution in [0.4, 0.5) is 0 Å². The lowest BCUT2D eigenvalue weighted by molar-refractivity contribution is -0.195. The fraction of sp³-hybridized carbons (Fsp3) is 0.364. The van der Waals surface area contributed by atoms with Crippen molar-refractivity contribution in [3.05, 3.63) is 120 Å². The number of aliphatic carboxylic acids is 1. The second-order valence-electron chi connectivity index (χ2n) is 14.6. The number of ether oxygens (including phenoxy) is 3. The molecule has 0 unspecified atom stereocenters. The Balaban J connectivity index is 1.40. The number of esters is 1. The molecule has 1 aliphatic rings. The molecule has 1 N–H and O–H groups in total. The Bertz CT molecular complexity index is 1860. The van der Waals surface area contributed by atoms with Crippen LogP contribution in [0.3, 0.4) is 0 Å². The molecule has 10 nitrogen and oxygen atoms in total. The van der Waals surface area contributed by atoms with E-state index >= 15 is 0 Å². The molecule has 1 saturated carbocycles. The third-order valence-electron chi connectivity index (χ3n) is 9.24. The number of rotatable bonds is 16. The highest BCUT2D eigenvalue weighted by molar-refractivity contribution is 6.00. The lowest BCUT2D eigenvalue weighted by Crippen LogP contribution is -2.64. The molecular weight excluding hydrogens is 684 g/mol. The number of amides is 2. The molecule has 4 aromatic rings. The van der Waals surface area contributed by atoms with Crippen molar-refractivity contribution < 1.29 is 38.5 Å². The number of hydrogen-bond donors (Lipinski definition) is 1. The summed E-state index contributed by atoms with van der Waals surface area (Å²) in [4.78, 5) is 59.0. The molecule has 54 heavy (non-hydrogen) atoms. The summed E-state index contributed by atoms with van der Waals surface area (Å²) < 4.78 is 17.5. The van der Waals surface area contributed by atoms with Crippen LogP contribution in [0, 0.1) is 23.7 Å². The Labute approximate surface area is 317 Å². The van der Waals surface area contributed by atoms with Gasteiger partial charge in [0.25, 0.3) is 0 Å². The van der Waals surface area contributed by atoms with Crippen LogP contribution < -0.4 is 9.47 Å². The van der Waals surface area contributed by atoms with E-state index in [1.807, 2.05) is 123 Å². The van der Waals surface area contributed by atoms with Crippen molar-refractivity contribution in [3.63, 3.8) is 0 Å². The predicted octanol–water partition coefficient (Wildman–Crippen LogP) is 8.35. The number of para-hydroxylation sites is 2. The standard InChI is InChI=1S/C44H50N2O8/c1-6-26-45(28-30-18-22-34(23-19-30)52-32-14-10-8-11-15-32)40(47)36-37(39(38(36)42(49)50)43(51)54-44(3,4)5)41(48)46(27-7-2)29-31-20-24-35(25-21-31)53-33-16-12-9-13-17-33/h8-25,36-39H,6-7,26-29H2,1-5H3,(H,49,50)/t36-,37-,38-,39-/m1/s1. The summed E-state index contributed by atoms with van der Waals surface area (Å²) in [6, 6.07) is 33.5. The van der Waals surface area contributed by atoms with Gasteiger partial charge in [-0.15, -0.1) is 0 Å². The zero-order valence-corrected chi connectivity index (χ0v) is 31.6. The van der Waals surface area contributed by atoms with Crippen molar-refractivity contribution in [2.24, 2.45) is 23.7 Å². The number of carboxylic acid groups (broad SMARTS) is 1. The number of hydrogen-bond acceptors (Lipinski definition) is 7. The normalized spacial score (nSPS) is 17.8. The van der Waals surface area contributed by atoms with Gasteiger partial charge in [0.05, 0.1) is 23.7 Å². The third kappa shape index (κ3) is 10.1. The van der Waals surface area contributed by atoms with Gasteiger partial charge in [-0.2, -0.15) is 0 Å². The van der Waals surface area contributed by atoms with E-state index in [4.69, 9.17) is 14.2 Å². The number of benzene rings is 4. The van der Waals surface area contributed by atoms with Crippen LogP contribution >= 0.6 is 0 Å². The highest BCUT2D eigenvalue weighted by Crippen LogP contribution is 2.50. The molecular formula is C44H50N2O8. The molecule has 2 amide bonds. The molecule has 5 rings (SSSR count). The second kappa shape index (κ2) is 17.9. The highest BCUT2D eigenvalue weighted by Gasteiger charge is 2.65. The Hall–Kier alpha value is -5.64. The van der Waals surface area contributed by atoms with Crippen LogP contribution in [0.2, 0.25) is 0 Å². The SMILES string of the molecule is CCCN(Cc1ccc(Oc2ccccc2)cc1)C(=O)[C@H]1[C@@H](C(=O)O)[C@H](C(=O)OC(C)(C)C)[C@@H]1C(=O)N(CCC)Cc1ccc(Oc2ccccc2)cc1. The Morgan fingerprint density at radius 3 is 1.28 bits per heavy atom. The van der Waals surface area contributed by atoms with Gasteiger partial charge in [-0.3, -0.25) is 19.2 Å². The maximum Gasteiger partial charge on any atom is 0.311 e. The van der Waals surface area contributed by atoms with E-state index in [9.17, 15) is 24.3 Å². The minimum Gasteiger partial charge on any atom is -0.481 e. The van der Waals surface area contributed by atoms with Gasteiger partial charge in [0.15, 0.2) is 0 Å². The van der Waals surface area contributed by atoms with Gasteiger partial charge < -0.3 is 29.1 Å². The fourth-order valence-corrected chi connectivity index (χ4v) is 6.84. The quantitative estimate of drug-likeness (QED) is 0.114. The summed E-state index contributed by atoms with van der Waals surface area (Å²) in [5.74, 6) is -5.64. The van der Waals surface area contributed by atoms with Gasteiger partial charge >= 0.3 is 11.9 Å². The molecule has 0 radical (unpaired) electrons. The molecule has 10 heteroatoms. The van der Waals surface area contributed by atoms with Crippen LogP contribution in [0.1, 0.15) is 58.6 Å². The number of carboxylic acids is 1. The highest BCUT2D eigenvalue weighted by atomic mass is 16.6. The van der Waals surface area contributed by atoms with E-state index in [0.29, 0.717) is 48.9 Å². The lowest BCUT2D eigenvalue weighted by atomic mass is 9.55. The summed E-state index contributed by atoms with van der Waals surface area (Å²) in [6.45, 7) is 9.99. The van der Waals surface area contributed by atoms with Crippen molar-refractivity contribution in [1.29, 1.82) is 0 Å².